The van der Waals surface area contributed by atoms with Gasteiger partial charge in [-0.05, 0) is 42.5 Å². The van der Waals surface area contributed by atoms with E-state index in [4.69, 9.17) is 0 Å². The number of amides is 1. The molecular formula is C15H14NO4-. The molecule has 0 saturated heterocycles. The molecule has 1 fully saturated rings. The molecule has 1 amide bonds. The number of carbonyl (C=O) groups is 2. The number of aliphatic carboxylic acids is 1. The summed E-state index contributed by atoms with van der Waals surface area (Å²) in [5, 5.41) is 23.1. The van der Waals surface area contributed by atoms with Crippen LogP contribution in [-0.4, -0.2) is 17.0 Å². The second-order valence-corrected chi connectivity index (χ2v) is 5.36. The van der Waals surface area contributed by atoms with Gasteiger partial charge in [-0.2, -0.15) is 0 Å². The van der Waals surface area contributed by atoms with E-state index in [1.807, 2.05) is 12.2 Å². The number of hydrogen-bond donors (Lipinski definition) is 2. The molecule has 2 bridgehead atoms. The summed E-state index contributed by atoms with van der Waals surface area (Å²) in [5.74, 6) is -2.81. The number of rotatable bonds is 3. The molecule has 1 aromatic carbocycles. The van der Waals surface area contributed by atoms with E-state index < -0.39 is 17.8 Å². The van der Waals surface area contributed by atoms with Gasteiger partial charge >= 0.3 is 0 Å². The average molecular weight is 272 g/mol. The van der Waals surface area contributed by atoms with Gasteiger partial charge in [0, 0.05) is 17.6 Å². The molecule has 4 atom stereocenters. The lowest BCUT2D eigenvalue weighted by Crippen LogP contribution is -2.42. The number of fused-ring (bicyclic) bond motifs is 2. The molecule has 3 rings (SSSR count). The highest BCUT2D eigenvalue weighted by atomic mass is 16.4. The van der Waals surface area contributed by atoms with Crippen LogP contribution < -0.4 is 10.4 Å². The molecule has 1 aromatic rings. The number of aromatic hydroxyl groups is 1. The second-order valence-electron chi connectivity index (χ2n) is 5.36. The first kappa shape index (κ1) is 12.7. The standard InChI is InChI=1S/C15H15NO4/c17-11-5-3-10(4-6-11)16-14(18)12-8-1-2-9(7-8)13(12)15(19)20/h1-6,8-9,12-13,17H,7H2,(H,16,18)(H,19,20)/p-1/t8-,9-,12-,13-/m0/s1. The van der Waals surface area contributed by atoms with E-state index in [0.29, 0.717) is 12.1 Å². The summed E-state index contributed by atoms with van der Waals surface area (Å²) in [6, 6.07) is 6.08. The van der Waals surface area contributed by atoms with Crippen LogP contribution >= 0.6 is 0 Å². The van der Waals surface area contributed by atoms with E-state index in [-0.39, 0.29) is 23.5 Å². The van der Waals surface area contributed by atoms with Crippen molar-refractivity contribution in [1.82, 2.24) is 0 Å². The van der Waals surface area contributed by atoms with Gasteiger partial charge in [0.2, 0.25) is 5.91 Å². The fraction of sp³-hybridized carbons (Fsp3) is 0.333. The number of allylic oxidation sites excluding steroid dienone is 2. The van der Waals surface area contributed by atoms with Crippen molar-refractivity contribution in [3.8, 4) is 5.75 Å². The maximum atomic E-state index is 12.3. The van der Waals surface area contributed by atoms with Crippen molar-refractivity contribution in [2.45, 2.75) is 6.42 Å². The molecule has 2 aliphatic rings. The van der Waals surface area contributed by atoms with Crippen LogP contribution in [-0.2, 0) is 9.59 Å². The van der Waals surface area contributed by atoms with Crippen LogP contribution in [0.4, 0.5) is 5.69 Å². The Morgan fingerprint density at radius 3 is 2.30 bits per heavy atom. The van der Waals surface area contributed by atoms with Gasteiger partial charge in [-0.3, -0.25) is 4.79 Å². The maximum absolute atomic E-state index is 12.3. The van der Waals surface area contributed by atoms with Gasteiger partial charge < -0.3 is 20.3 Å². The predicted octanol–water partition coefficient (Wildman–Crippen LogP) is 0.519. The van der Waals surface area contributed by atoms with Crippen LogP contribution in [0, 0.1) is 23.7 Å². The van der Waals surface area contributed by atoms with Gasteiger partial charge in [-0.25, -0.2) is 0 Å². The summed E-state index contributed by atoms with van der Waals surface area (Å²) >= 11 is 0. The number of carbonyl (C=O) groups excluding carboxylic acids is 2. The normalized spacial score (nSPS) is 30.4. The number of hydrogen-bond acceptors (Lipinski definition) is 4. The number of benzene rings is 1. The van der Waals surface area contributed by atoms with Crippen molar-refractivity contribution in [3.63, 3.8) is 0 Å². The van der Waals surface area contributed by atoms with Crippen molar-refractivity contribution >= 4 is 17.6 Å². The molecule has 0 spiro atoms. The molecule has 2 N–H and O–H groups in total. The van der Waals surface area contributed by atoms with Crippen molar-refractivity contribution < 1.29 is 19.8 Å². The predicted molar refractivity (Wildman–Crippen MR) is 69.5 cm³/mol. The minimum atomic E-state index is -1.16. The summed E-state index contributed by atoms with van der Waals surface area (Å²) in [6.07, 6.45) is 4.49. The molecule has 2 aliphatic carbocycles. The van der Waals surface area contributed by atoms with E-state index >= 15 is 0 Å². The number of phenolic OH excluding ortho intramolecular Hbond substituents is 1. The Kier molecular flexibility index (Phi) is 2.97. The molecule has 1 saturated carbocycles. The molecule has 104 valence electrons. The highest BCUT2D eigenvalue weighted by molar-refractivity contribution is 5.96. The van der Waals surface area contributed by atoms with E-state index in [9.17, 15) is 19.8 Å². The molecular weight excluding hydrogens is 258 g/mol. The van der Waals surface area contributed by atoms with Gasteiger partial charge in [0.15, 0.2) is 0 Å². The molecule has 0 unspecified atom stereocenters. The third kappa shape index (κ3) is 2.05. The van der Waals surface area contributed by atoms with Crippen LogP contribution in [0.3, 0.4) is 0 Å². The molecule has 0 heterocycles. The van der Waals surface area contributed by atoms with Crippen molar-refractivity contribution in [3.05, 3.63) is 36.4 Å². The molecule has 0 aromatic heterocycles. The van der Waals surface area contributed by atoms with E-state index in [0.717, 1.165) is 0 Å². The third-order valence-corrected chi connectivity index (χ3v) is 4.17. The van der Waals surface area contributed by atoms with E-state index in [1.165, 1.54) is 12.1 Å². The van der Waals surface area contributed by atoms with Crippen LogP contribution in [0.25, 0.3) is 0 Å². The Morgan fingerprint density at radius 2 is 1.70 bits per heavy atom. The zero-order valence-electron chi connectivity index (χ0n) is 10.7. The minimum absolute atomic E-state index is 0.0278. The van der Waals surface area contributed by atoms with Crippen molar-refractivity contribution in [2.24, 2.45) is 23.7 Å². The third-order valence-electron chi connectivity index (χ3n) is 4.17. The monoisotopic (exact) mass is 272 g/mol. The summed E-state index contributed by atoms with van der Waals surface area (Å²) < 4.78 is 0. The van der Waals surface area contributed by atoms with Crippen molar-refractivity contribution in [1.29, 1.82) is 0 Å². The number of phenols is 1. The SMILES string of the molecule is O=C([O-])[C@@H]1[C@@H](C(=O)Nc2ccc(O)cc2)[C@H]2C=C[C@H]1C2. The number of nitrogens with one attached hydrogen (secondary N) is 1. The molecule has 5 heteroatoms. The quantitative estimate of drug-likeness (QED) is 0.620. The fourth-order valence-corrected chi connectivity index (χ4v) is 3.27. The minimum Gasteiger partial charge on any atom is -0.550 e. The van der Waals surface area contributed by atoms with Crippen LogP contribution in [0.1, 0.15) is 6.42 Å². The van der Waals surface area contributed by atoms with Gasteiger partial charge in [0.25, 0.3) is 0 Å². The zero-order chi connectivity index (χ0) is 14.3. The number of carboxylic acids is 1. The lowest BCUT2D eigenvalue weighted by atomic mass is 9.82. The molecule has 20 heavy (non-hydrogen) atoms. The molecule has 5 nitrogen and oxygen atoms in total. The van der Waals surface area contributed by atoms with Gasteiger partial charge in [0.05, 0.1) is 5.92 Å². The van der Waals surface area contributed by atoms with Gasteiger partial charge in [-0.1, -0.05) is 12.2 Å². The average Bonchev–Trinajstić information content (AvgIpc) is 3.01. The van der Waals surface area contributed by atoms with Crippen LogP contribution in [0.2, 0.25) is 0 Å². The topological polar surface area (TPSA) is 89.5 Å². The lowest BCUT2D eigenvalue weighted by Gasteiger charge is -2.27. The molecule has 0 radical (unpaired) electrons. The van der Waals surface area contributed by atoms with Crippen molar-refractivity contribution in [2.75, 3.05) is 5.32 Å². The van der Waals surface area contributed by atoms with Crippen LogP contribution in [0.15, 0.2) is 36.4 Å². The van der Waals surface area contributed by atoms with E-state index in [1.54, 1.807) is 12.1 Å². The summed E-state index contributed by atoms with van der Waals surface area (Å²) in [6.45, 7) is 0. The van der Waals surface area contributed by atoms with Gasteiger partial charge in [-0.15, -0.1) is 0 Å². The fourth-order valence-electron chi connectivity index (χ4n) is 3.27. The Hall–Kier alpha value is -2.30. The Morgan fingerprint density at radius 1 is 1.10 bits per heavy atom. The first-order valence-electron chi connectivity index (χ1n) is 6.55. The lowest BCUT2D eigenvalue weighted by molar-refractivity contribution is -0.313. The Balaban J connectivity index is 1.78. The van der Waals surface area contributed by atoms with Gasteiger partial charge in [0.1, 0.15) is 5.75 Å². The second kappa shape index (κ2) is 4.67. The van der Waals surface area contributed by atoms with E-state index in [2.05, 4.69) is 5.32 Å². The number of carboxylic acid groups (broad SMARTS) is 1. The first-order valence-corrected chi connectivity index (χ1v) is 6.55. The number of anilines is 1. The van der Waals surface area contributed by atoms with Crippen LogP contribution in [0.5, 0.6) is 5.75 Å². The first-order chi connectivity index (χ1) is 9.56. The highest BCUT2D eigenvalue weighted by Crippen LogP contribution is 2.48. The molecule has 0 aliphatic heterocycles. The smallest absolute Gasteiger partial charge is 0.228 e. The Bertz CT molecular complexity index is 578. The Labute approximate surface area is 115 Å². The highest BCUT2D eigenvalue weighted by Gasteiger charge is 2.48. The summed E-state index contributed by atoms with van der Waals surface area (Å²) in [5.41, 5.74) is 0.539. The largest absolute Gasteiger partial charge is 0.550 e. The maximum Gasteiger partial charge on any atom is 0.228 e. The summed E-state index contributed by atoms with van der Waals surface area (Å²) in [7, 11) is 0. The zero-order valence-corrected chi connectivity index (χ0v) is 10.7. The summed E-state index contributed by atoms with van der Waals surface area (Å²) in [4.78, 5) is 23.6.